The molecule has 0 spiro atoms. The van der Waals surface area contributed by atoms with Gasteiger partial charge in [-0.15, -0.1) is 0 Å². The molecule has 1 aliphatic heterocycles. The van der Waals surface area contributed by atoms with Crippen LogP contribution in [0.25, 0.3) is 0 Å². The van der Waals surface area contributed by atoms with Crippen molar-refractivity contribution in [3.63, 3.8) is 0 Å². The van der Waals surface area contributed by atoms with Gasteiger partial charge in [-0.3, -0.25) is 4.79 Å². The zero-order valence-electron chi connectivity index (χ0n) is 17.0. The minimum atomic E-state index is 0.133. The second-order valence-electron chi connectivity index (χ2n) is 7.99. The number of rotatable bonds is 9. The molecule has 2 aromatic rings. The topological polar surface area (TPSA) is 50.4 Å². The maximum atomic E-state index is 12.1. The summed E-state index contributed by atoms with van der Waals surface area (Å²) in [6, 6.07) is 16.7. The van der Waals surface area contributed by atoms with E-state index in [0.29, 0.717) is 18.9 Å². The molecule has 1 saturated heterocycles. The molecule has 0 saturated carbocycles. The van der Waals surface area contributed by atoms with Crippen molar-refractivity contribution >= 4 is 5.91 Å². The molecular weight excluding hydrogens is 348 g/mol. The lowest BCUT2D eigenvalue weighted by Gasteiger charge is -2.15. The minimum Gasteiger partial charge on any atom is -0.489 e. The average molecular weight is 381 g/mol. The molecule has 3 rings (SSSR count). The zero-order chi connectivity index (χ0) is 19.8. The fraction of sp³-hybridized carbons (Fsp3) is 0.458. The molecule has 2 aromatic carbocycles. The molecule has 2 atom stereocenters. The molecule has 1 fully saturated rings. The van der Waals surface area contributed by atoms with Gasteiger partial charge >= 0.3 is 0 Å². The van der Waals surface area contributed by atoms with Gasteiger partial charge in [0.15, 0.2) is 0 Å². The highest BCUT2D eigenvalue weighted by Gasteiger charge is 2.16. The van der Waals surface area contributed by atoms with Crippen molar-refractivity contribution in [2.45, 2.75) is 52.2 Å². The third kappa shape index (κ3) is 6.68. The Labute approximate surface area is 168 Å². The monoisotopic (exact) mass is 380 g/mol. The van der Waals surface area contributed by atoms with Gasteiger partial charge in [0.1, 0.15) is 12.4 Å². The molecule has 4 nitrogen and oxygen atoms in total. The van der Waals surface area contributed by atoms with Crippen molar-refractivity contribution in [3.05, 3.63) is 65.2 Å². The Bertz CT molecular complexity index is 734. The summed E-state index contributed by atoms with van der Waals surface area (Å²) in [6.45, 7) is 6.87. The Hall–Kier alpha value is -2.33. The molecule has 0 bridgehead atoms. The van der Waals surface area contributed by atoms with Gasteiger partial charge < -0.3 is 15.4 Å². The summed E-state index contributed by atoms with van der Waals surface area (Å²) in [5.74, 6) is 1.69. The van der Waals surface area contributed by atoms with Crippen molar-refractivity contribution < 1.29 is 9.53 Å². The number of aryl methyl sites for hydroxylation is 1. The lowest BCUT2D eigenvalue weighted by atomic mass is 10.0. The van der Waals surface area contributed by atoms with Gasteiger partial charge in [0.05, 0.1) is 0 Å². The van der Waals surface area contributed by atoms with Crippen LogP contribution in [0.2, 0.25) is 0 Å². The van der Waals surface area contributed by atoms with Crippen LogP contribution in [0.4, 0.5) is 0 Å². The van der Waals surface area contributed by atoms with E-state index < -0.39 is 0 Å². The van der Waals surface area contributed by atoms with E-state index in [2.05, 4.69) is 60.9 Å². The SMILES string of the molecule is Cc1ccc(COc2ccc(CC(C)NC(=O)CCC3CCNC3)cc2)cc1. The van der Waals surface area contributed by atoms with Crippen LogP contribution in [0.3, 0.4) is 0 Å². The van der Waals surface area contributed by atoms with E-state index in [4.69, 9.17) is 4.74 Å². The summed E-state index contributed by atoms with van der Waals surface area (Å²) in [7, 11) is 0. The van der Waals surface area contributed by atoms with Crippen molar-refractivity contribution in [2.75, 3.05) is 13.1 Å². The van der Waals surface area contributed by atoms with E-state index in [-0.39, 0.29) is 11.9 Å². The zero-order valence-corrected chi connectivity index (χ0v) is 17.0. The molecule has 0 radical (unpaired) electrons. The molecule has 2 N–H and O–H groups in total. The number of nitrogens with one attached hydrogen (secondary N) is 2. The van der Waals surface area contributed by atoms with Gasteiger partial charge in [-0.2, -0.15) is 0 Å². The number of carbonyl (C=O) groups is 1. The summed E-state index contributed by atoms with van der Waals surface area (Å²) >= 11 is 0. The maximum Gasteiger partial charge on any atom is 0.220 e. The van der Waals surface area contributed by atoms with Crippen LogP contribution in [-0.2, 0) is 17.8 Å². The van der Waals surface area contributed by atoms with Gasteiger partial charge in [-0.25, -0.2) is 0 Å². The second-order valence-corrected chi connectivity index (χ2v) is 7.99. The first kappa shape index (κ1) is 20.4. The smallest absolute Gasteiger partial charge is 0.220 e. The van der Waals surface area contributed by atoms with Crippen molar-refractivity contribution in [1.29, 1.82) is 0 Å². The number of amides is 1. The van der Waals surface area contributed by atoms with Crippen LogP contribution in [0.5, 0.6) is 5.75 Å². The number of hydrogen-bond acceptors (Lipinski definition) is 3. The largest absolute Gasteiger partial charge is 0.489 e. The number of carbonyl (C=O) groups excluding carboxylic acids is 1. The van der Waals surface area contributed by atoms with E-state index in [9.17, 15) is 4.79 Å². The van der Waals surface area contributed by atoms with Crippen LogP contribution in [0, 0.1) is 12.8 Å². The number of ether oxygens (including phenoxy) is 1. The Kier molecular flexibility index (Phi) is 7.49. The van der Waals surface area contributed by atoms with Crippen LogP contribution in [0.15, 0.2) is 48.5 Å². The molecule has 28 heavy (non-hydrogen) atoms. The molecule has 150 valence electrons. The summed E-state index contributed by atoms with van der Waals surface area (Å²) < 4.78 is 5.86. The fourth-order valence-electron chi connectivity index (χ4n) is 3.62. The van der Waals surface area contributed by atoms with E-state index in [1.807, 2.05) is 12.1 Å². The van der Waals surface area contributed by atoms with Crippen LogP contribution >= 0.6 is 0 Å². The van der Waals surface area contributed by atoms with Crippen LogP contribution in [-0.4, -0.2) is 25.0 Å². The predicted octanol–water partition coefficient (Wildman–Crippen LogP) is 4.01. The Morgan fingerprint density at radius 3 is 2.54 bits per heavy atom. The Morgan fingerprint density at radius 2 is 1.86 bits per heavy atom. The molecule has 0 aromatic heterocycles. The number of benzene rings is 2. The molecule has 1 heterocycles. The first-order valence-corrected chi connectivity index (χ1v) is 10.4. The lowest BCUT2D eigenvalue weighted by molar-refractivity contribution is -0.121. The highest BCUT2D eigenvalue weighted by Crippen LogP contribution is 2.16. The van der Waals surface area contributed by atoms with E-state index >= 15 is 0 Å². The van der Waals surface area contributed by atoms with E-state index in [0.717, 1.165) is 31.7 Å². The predicted molar refractivity (Wildman–Crippen MR) is 113 cm³/mol. The number of hydrogen-bond donors (Lipinski definition) is 2. The summed E-state index contributed by atoms with van der Waals surface area (Å²) in [5, 5.41) is 6.48. The molecule has 0 aliphatic carbocycles. The molecule has 1 amide bonds. The summed E-state index contributed by atoms with van der Waals surface area (Å²) in [5.41, 5.74) is 3.62. The van der Waals surface area contributed by atoms with Crippen LogP contribution < -0.4 is 15.4 Å². The lowest BCUT2D eigenvalue weighted by Crippen LogP contribution is -2.34. The molecule has 4 heteroatoms. The Morgan fingerprint density at radius 1 is 1.14 bits per heavy atom. The van der Waals surface area contributed by atoms with Crippen molar-refractivity contribution in [1.82, 2.24) is 10.6 Å². The highest BCUT2D eigenvalue weighted by molar-refractivity contribution is 5.76. The second kappa shape index (κ2) is 10.3. The van der Waals surface area contributed by atoms with Gasteiger partial charge in [0.2, 0.25) is 5.91 Å². The Balaban J connectivity index is 1.39. The van der Waals surface area contributed by atoms with Gasteiger partial charge in [-0.1, -0.05) is 42.0 Å². The van der Waals surface area contributed by atoms with E-state index in [1.54, 1.807) is 0 Å². The summed E-state index contributed by atoms with van der Waals surface area (Å²) in [4.78, 5) is 12.1. The quantitative estimate of drug-likeness (QED) is 0.691. The van der Waals surface area contributed by atoms with E-state index in [1.165, 1.54) is 23.1 Å². The van der Waals surface area contributed by atoms with Crippen molar-refractivity contribution in [3.8, 4) is 5.75 Å². The molecule has 2 unspecified atom stereocenters. The standard InChI is InChI=1S/C24H32N2O2/c1-18-3-5-22(6-4-18)17-28-23-10-7-20(8-11-23)15-19(2)26-24(27)12-9-21-13-14-25-16-21/h3-8,10-11,19,21,25H,9,12-17H2,1-2H3,(H,26,27). The normalized spacial score (nSPS) is 17.3. The molecular formula is C24H32N2O2. The molecule has 1 aliphatic rings. The summed E-state index contributed by atoms with van der Waals surface area (Å²) in [6.07, 6.45) is 3.64. The van der Waals surface area contributed by atoms with Crippen molar-refractivity contribution in [2.24, 2.45) is 5.92 Å². The minimum absolute atomic E-state index is 0.133. The third-order valence-corrected chi connectivity index (χ3v) is 5.34. The average Bonchev–Trinajstić information content (AvgIpc) is 3.21. The van der Waals surface area contributed by atoms with Gasteiger partial charge in [-0.05, 0) is 75.4 Å². The first-order valence-electron chi connectivity index (χ1n) is 10.4. The maximum absolute atomic E-state index is 12.1. The highest BCUT2D eigenvalue weighted by atomic mass is 16.5. The first-order chi connectivity index (χ1) is 13.6. The fourth-order valence-corrected chi connectivity index (χ4v) is 3.62. The van der Waals surface area contributed by atoms with Gasteiger partial charge in [0, 0.05) is 12.5 Å². The van der Waals surface area contributed by atoms with Gasteiger partial charge in [0.25, 0.3) is 0 Å². The third-order valence-electron chi connectivity index (χ3n) is 5.34. The van der Waals surface area contributed by atoms with Crippen LogP contribution in [0.1, 0.15) is 42.9 Å².